The van der Waals surface area contributed by atoms with Crippen LogP contribution in [0.1, 0.15) is 20.8 Å². The number of fused-ring (bicyclic) bond motifs is 1. The molecule has 12 heavy (non-hydrogen) atoms. The van der Waals surface area contributed by atoms with Crippen molar-refractivity contribution in [3.8, 4) is 0 Å². The molecule has 2 rings (SSSR count). The first-order chi connectivity index (χ1) is 5.57. The zero-order valence-corrected chi connectivity index (χ0v) is 7.53. The van der Waals surface area contributed by atoms with Crippen molar-refractivity contribution < 1.29 is 4.42 Å². The van der Waals surface area contributed by atoms with Crippen LogP contribution in [-0.2, 0) is 5.54 Å². The monoisotopic (exact) mass is 164 g/mol. The quantitative estimate of drug-likeness (QED) is 0.598. The first kappa shape index (κ1) is 7.40. The van der Waals surface area contributed by atoms with Crippen LogP contribution >= 0.6 is 0 Å². The zero-order valence-electron chi connectivity index (χ0n) is 7.53. The Kier molecular flexibility index (Phi) is 1.31. The Bertz CT molecular complexity index is 363. The molecule has 0 aliphatic carbocycles. The van der Waals surface area contributed by atoms with Gasteiger partial charge in [0.1, 0.15) is 5.52 Å². The van der Waals surface area contributed by atoms with Crippen LogP contribution in [0.15, 0.2) is 22.9 Å². The van der Waals surface area contributed by atoms with Crippen LogP contribution in [0.25, 0.3) is 11.1 Å². The van der Waals surface area contributed by atoms with E-state index < -0.39 is 0 Å². The summed E-state index contributed by atoms with van der Waals surface area (Å²) in [6.07, 6.45) is 3.58. The molecule has 2 heterocycles. The standard InChI is InChI=1S/C9H12N2O/c1-9(2,3)11-6-8-7(10-11)4-5-12-8/h4-6H,1-3H3. The molecule has 2 aromatic heterocycles. The Balaban J connectivity index is 2.59. The minimum Gasteiger partial charge on any atom is -0.461 e. The lowest BCUT2D eigenvalue weighted by Gasteiger charge is -2.18. The molecule has 3 heteroatoms. The molecule has 0 radical (unpaired) electrons. The van der Waals surface area contributed by atoms with Gasteiger partial charge in [0, 0.05) is 6.07 Å². The van der Waals surface area contributed by atoms with E-state index in [0.717, 1.165) is 11.1 Å². The highest BCUT2D eigenvalue weighted by Gasteiger charge is 2.15. The molecule has 2 aromatic rings. The average molecular weight is 164 g/mol. The molecule has 0 bridgehead atoms. The first-order valence-electron chi connectivity index (χ1n) is 4.01. The summed E-state index contributed by atoms with van der Waals surface area (Å²) in [4.78, 5) is 0. The van der Waals surface area contributed by atoms with Crippen molar-refractivity contribution in [3.63, 3.8) is 0 Å². The molecule has 0 unspecified atom stereocenters. The fraction of sp³-hybridized carbons (Fsp3) is 0.444. The predicted octanol–water partition coefficient (Wildman–Crippen LogP) is 2.38. The maximum atomic E-state index is 5.21. The Morgan fingerprint density at radius 3 is 2.75 bits per heavy atom. The van der Waals surface area contributed by atoms with Crippen molar-refractivity contribution in [2.75, 3.05) is 0 Å². The SMILES string of the molecule is CC(C)(C)n1cc2occc2n1. The lowest BCUT2D eigenvalue weighted by Crippen LogP contribution is -2.21. The van der Waals surface area contributed by atoms with Crippen molar-refractivity contribution in [1.29, 1.82) is 0 Å². The van der Waals surface area contributed by atoms with E-state index >= 15 is 0 Å². The Labute approximate surface area is 71.0 Å². The molecule has 0 aliphatic heterocycles. The van der Waals surface area contributed by atoms with E-state index in [2.05, 4.69) is 25.9 Å². The summed E-state index contributed by atoms with van der Waals surface area (Å²) in [7, 11) is 0. The number of nitrogens with zero attached hydrogens (tertiary/aromatic N) is 2. The van der Waals surface area contributed by atoms with Crippen LogP contribution in [0.3, 0.4) is 0 Å². The number of furan rings is 1. The highest BCUT2D eigenvalue weighted by atomic mass is 16.3. The summed E-state index contributed by atoms with van der Waals surface area (Å²) < 4.78 is 7.13. The summed E-state index contributed by atoms with van der Waals surface area (Å²) in [5, 5.41) is 4.37. The highest BCUT2D eigenvalue weighted by molar-refractivity contribution is 5.71. The molecule has 0 amide bonds. The van der Waals surface area contributed by atoms with Crippen molar-refractivity contribution >= 4 is 11.1 Å². The Morgan fingerprint density at radius 2 is 2.17 bits per heavy atom. The third kappa shape index (κ3) is 1.02. The molecule has 0 aromatic carbocycles. The van der Waals surface area contributed by atoms with Crippen LogP contribution in [0.2, 0.25) is 0 Å². The Hall–Kier alpha value is -1.25. The van der Waals surface area contributed by atoms with Crippen LogP contribution in [0.4, 0.5) is 0 Å². The van der Waals surface area contributed by atoms with E-state index in [-0.39, 0.29) is 5.54 Å². The summed E-state index contributed by atoms with van der Waals surface area (Å²) in [6.45, 7) is 6.33. The maximum Gasteiger partial charge on any atom is 0.171 e. The van der Waals surface area contributed by atoms with Gasteiger partial charge in [0.05, 0.1) is 18.0 Å². The average Bonchev–Trinajstić information content (AvgIpc) is 2.37. The number of hydrogen-bond acceptors (Lipinski definition) is 2. The van der Waals surface area contributed by atoms with Gasteiger partial charge >= 0.3 is 0 Å². The van der Waals surface area contributed by atoms with Crippen molar-refractivity contribution in [1.82, 2.24) is 9.78 Å². The van der Waals surface area contributed by atoms with Gasteiger partial charge in [-0.1, -0.05) is 0 Å². The van der Waals surface area contributed by atoms with Gasteiger partial charge in [-0.25, -0.2) is 0 Å². The second-order valence-corrected chi connectivity index (χ2v) is 3.91. The van der Waals surface area contributed by atoms with Gasteiger partial charge in [-0.3, -0.25) is 4.68 Å². The van der Waals surface area contributed by atoms with Crippen molar-refractivity contribution in [3.05, 3.63) is 18.5 Å². The minimum absolute atomic E-state index is 0.0293. The summed E-state index contributed by atoms with van der Waals surface area (Å²) in [5.41, 5.74) is 1.80. The smallest absolute Gasteiger partial charge is 0.171 e. The first-order valence-corrected chi connectivity index (χ1v) is 4.01. The molecule has 64 valence electrons. The third-order valence-corrected chi connectivity index (χ3v) is 1.82. The topological polar surface area (TPSA) is 31.0 Å². The van der Waals surface area contributed by atoms with E-state index in [9.17, 15) is 0 Å². The van der Waals surface area contributed by atoms with Crippen LogP contribution < -0.4 is 0 Å². The normalized spacial score (nSPS) is 12.6. The molecule has 3 nitrogen and oxygen atoms in total. The molecular weight excluding hydrogens is 152 g/mol. The highest BCUT2D eigenvalue weighted by Crippen LogP contribution is 2.18. The van der Waals surface area contributed by atoms with E-state index in [0.29, 0.717) is 0 Å². The lowest BCUT2D eigenvalue weighted by atomic mass is 10.1. The molecule has 0 aliphatic rings. The lowest BCUT2D eigenvalue weighted by molar-refractivity contribution is 0.357. The molecule has 0 saturated carbocycles. The number of aromatic nitrogens is 2. The van der Waals surface area contributed by atoms with E-state index in [4.69, 9.17) is 4.42 Å². The van der Waals surface area contributed by atoms with Gasteiger partial charge in [-0.15, -0.1) is 0 Å². The molecule has 0 atom stereocenters. The van der Waals surface area contributed by atoms with Crippen molar-refractivity contribution in [2.45, 2.75) is 26.3 Å². The fourth-order valence-corrected chi connectivity index (χ4v) is 1.09. The van der Waals surface area contributed by atoms with E-state index in [1.165, 1.54) is 0 Å². The second-order valence-electron chi connectivity index (χ2n) is 3.91. The van der Waals surface area contributed by atoms with Crippen LogP contribution in [0, 0.1) is 0 Å². The second kappa shape index (κ2) is 2.12. The minimum atomic E-state index is 0.0293. The number of rotatable bonds is 0. The maximum absolute atomic E-state index is 5.21. The van der Waals surface area contributed by atoms with Crippen LogP contribution in [0.5, 0.6) is 0 Å². The fourth-order valence-electron chi connectivity index (χ4n) is 1.09. The van der Waals surface area contributed by atoms with Gasteiger partial charge in [0.15, 0.2) is 5.58 Å². The van der Waals surface area contributed by atoms with E-state index in [1.54, 1.807) is 6.26 Å². The van der Waals surface area contributed by atoms with Gasteiger partial charge in [-0.2, -0.15) is 5.10 Å². The largest absolute Gasteiger partial charge is 0.461 e. The summed E-state index contributed by atoms with van der Waals surface area (Å²) >= 11 is 0. The molecule has 0 saturated heterocycles. The van der Waals surface area contributed by atoms with E-state index in [1.807, 2.05) is 16.9 Å². The van der Waals surface area contributed by atoms with Gasteiger partial charge < -0.3 is 4.42 Å². The van der Waals surface area contributed by atoms with Crippen LogP contribution in [-0.4, -0.2) is 9.78 Å². The summed E-state index contributed by atoms with van der Waals surface area (Å²) in [5.74, 6) is 0. The molecule has 0 fully saturated rings. The van der Waals surface area contributed by atoms with Gasteiger partial charge in [0.2, 0.25) is 0 Å². The van der Waals surface area contributed by atoms with Gasteiger partial charge in [-0.05, 0) is 20.8 Å². The van der Waals surface area contributed by atoms with Crippen molar-refractivity contribution in [2.24, 2.45) is 0 Å². The van der Waals surface area contributed by atoms with Gasteiger partial charge in [0.25, 0.3) is 0 Å². The third-order valence-electron chi connectivity index (χ3n) is 1.82. The zero-order chi connectivity index (χ0) is 8.77. The Morgan fingerprint density at radius 1 is 1.42 bits per heavy atom. The predicted molar refractivity (Wildman–Crippen MR) is 47.0 cm³/mol. The number of hydrogen-bond donors (Lipinski definition) is 0. The molecule has 0 spiro atoms. The summed E-state index contributed by atoms with van der Waals surface area (Å²) in [6, 6.07) is 1.87. The molecular formula is C9H12N2O. The molecule has 0 N–H and O–H groups in total.